The fourth-order valence-electron chi connectivity index (χ4n) is 0. The van der Waals surface area contributed by atoms with Gasteiger partial charge in [-0.25, -0.2) is 0 Å². The van der Waals surface area contributed by atoms with E-state index in [0.717, 1.165) is 0 Å². The minimum absolute atomic E-state index is 0. The van der Waals surface area contributed by atoms with Crippen molar-refractivity contribution in [1.29, 1.82) is 0 Å². The van der Waals surface area contributed by atoms with Gasteiger partial charge in [0.05, 0.1) is 0 Å². The zero-order valence-corrected chi connectivity index (χ0v) is 5.88. The molecule has 0 aromatic heterocycles. The molecule has 0 aromatic carbocycles. The first-order valence-corrected chi connectivity index (χ1v) is 0.775. The summed E-state index contributed by atoms with van der Waals surface area (Å²) in [5.41, 5.74) is 0. The fraction of sp³-hybridized carbons (Fsp3) is 0. The molecule has 0 bridgehead atoms. The van der Waals surface area contributed by atoms with E-state index < -0.39 is 7.32 Å². The maximum Gasteiger partial charge on any atom is 1.00 e. The predicted molar refractivity (Wildman–Crippen MR) is 13.5 cm³/mol. The van der Waals surface area contributed by atoms with Gasteiger partial charge in [0.2, 0.25) is 0 Å². The first kappa shape index (κ1) is 23.4. The van der Waals surface area contributed by atoms with E-state index in [0.29, 0.717) is 0 Å². The van der Waals surface area contributed by atoms with Gasteiger partial charge in [0.15, 0.2) is 0 Å². The van der Waals surface area contributed by atoms with E-state index in [9.17, 15) is 0 Å². The molecule has 0 unspecified atom stereocenters. The average molecular weight is 157 g/mol. The van der Waals surface area contributed by atoms with Crippen molar-refractivity contribution in [2.75, 3.05) is 0 Å². The van der Waals surface area contributed by atoms with Crippen molar-refractivity contribution < 1.29 is 71.2 Å². The predicted octanol–water partition coefficient (Wildman–Crippen LogP) is -10.9. The Kier molecular flexibility index (Phi) is 52.4. The summed E-state index contributed by atoms with van der Waals surface area (Å²) in [6.07, 6.45) is 0. The largest absolute Gasteiger partial charge is 1.00 e. The molecule has 0 aliphatic rings. The number of hydrogen-bond acceptors (Lipinski definition) is 3. The monoisotopic (exact) mass is 156 g/mol. The van der Waals surface area contributed by atoms with E-state index in [2.05, 4.69) is 0 Å². The summed E-state index contributed by atoms with van der Waals surface area (Å²) in [5, 5.41) is 21.5. The molecule has 0 aliphatic carbocycles. The second-order valence-electron chi connectivity index (χ2n) is 0.346. The first-order chi connectivity index (χ1) is 1.73. The maximum absolute atomic E-state index is 7.17. The van der Waals surface area contributed by atoms with Crippen LogP contribution in [0.4, 0.5) is 0 Å². The van der Waals surface area contributed by atoms with Gasteiger partial charge >= 0.3 is 45.0 Å². The Morgan fingerprint density at radius 1 is 1.00 bits per heavy atom. The van der Waals surface area contributed by atoms with Gasteiger partial charge < -0.3 is 33.5 Å². The smallest absolute Gasteiger partial charge is 1.00 e. The molecule has 0 rings (SSSR count). The van der Waals surface area contributed by atoms with Gasteiger partial charge in [-0.3, -0.25) is 0 Å². The zero-order chi connectivity index (χ0) is 3.58. The Labute approximate surface area is 78.3 Å². The molecule has 0 fully saturated rings. The van der Waals surface area contributed by atoms with Crippen LogP contribution in [0.2, 0.25) is 0 Å². The van der Waals surface area contributed by atoms with Crippen molar-refractivity contribution in [2.45, 2.75) is 0 Å². The molecule has 0 saturated heterocycles. The van der Waals surface area contributed by atoms with Gasteiger partial charge in [-0.15, -0.1) is 0 Å². The molecule has 0 aromatic rings. The number of hydrogen-bond donors (Lipinski definition) is 3. The number of halogens is 1. The first-order valence-electron chi connectivity index (χ1n) is 0.775. The van der Waals surface area contributed by atoms with Crippen molar-refractivity contribution in [3.63, 3.8) is 0 Å². The zero-order valence-electron chi connectivity index (χ0n) is 5.30. The molecule has 0 amide bonds. The third kappa shape index (κ3) is 91.7. The Bertz CT molecular complexity index is 22.0. The SMILES string of the molecule is OB(O)O.[Br-].[H-].[Li+].[Li+]. The van der Waals surface area contributed by atoms with Crippen LogP contribution in [0, 0.1) is 0 Å². The topological polar surface area (TPSA) is 60.7 Å². The van der Waals surface area contributed by atoms with Crippen LogP contribution in [-0.4, -0.2) is 22.4 Å². The van der Waals surface area contributed by atoms with Crippen molar-refractivity contribution in [3.05, 3.63) is 0 Å². The van der Waals surface area contributed by atoms with Crippen molar-refractivity contribution in [1.82, 2.24) is 0 Å². The summed E-state index contributed by atoms with van der Waals surface area (Å²) in [7, 11) is -2.17. The summed E-state index contributed by atoms with van der Waals surface area (Å²) in [5.74, 6) is 0. The van der Waals surface area contributed by atoms with Gasteiger partial charge in [0.1, 0.15) is 0 Å². The number of rotatable bonds is 0. The molecule has 0 heterocycles. The second-order valence-corrected chi connectivity index (χ2v) is 0.346. The van der Waals surface area contributed by atoms with Crippen LogP contribution in [0.5, 0.6) is 0 Å². The minimum Gasteiger partial charge on any atom is -1.00 e. The molecule has 7 heteroatoms. The maximum atomic E-state index is 7.17. The standard InChI is InChI=1S/BH3O3.BrH.2Li.H/c2-1(3)4;;;;/h2-4H;1H;;;/q;;2*+1;-1/p-1. The summed E-state index contributed by atoms with van der Waals surface area (Å²) >= 11 is 0. The molecule has 0 radical (unpaired) electrons. The molecular formula is H4BBrLi2O3. The van der Waals surface area contributed by atoms with Crippen molar-refractivity contribution in [3.8, 4) is 0 Å². The van der Waals surface area contributed by atoms with E-state index in [1.807, 2.05) is 0 Å². The van der Waals surface area contributed by atoms with Crippen LogP contribution in [0.25, 0.3) is 0 Å². The van der Waals surface area contributed by atoms with Crippen LogP contribution in [0.3, 0.4) is 0 Å². The van der Waals surface area contributed by atoms with E-state index in [-0.39, 0.29) is 56.1 Å². The molecule has 3 N–H and O–H groups in total. The Morgan fingerprint density at radius 3 is 1.00 bits per heavy atom. The Morgan fingerprint density at radius 2 is 1.00 bits per heavy atom. The molecule has 3 nitrogen and oxygen atoms in total. The molecule has 0 aliphatic heterocycles. The van der Waals surface area contributed by atoms with Gasteiger partial charge in [-0.05, 0) is 0 Å². The Balaban J connectivity index is -0.00000000750. The van der Waals surface area contributed by atoms with Crippen molar-refractivity contribution >= 4 is 7.32 Å². The minimum atomic E-state index is -2.17. The third-order valence-corrected chi connectivity index (χ3v) is 0. The molecular weight excluding hydrogens is 153 g/mol. The van der Waals surface area contributed by atoms with E-state index >= 15 is 0 Å². The summed E-state index contributed by atoms with van der Waals surface area (Å²) in [6.45, 7) is 0. The molecule has 0 atom stereocenters. The van der Waals surface area contributed by atoms with E-state index in [1.54, 1.807) is 0 Å². The van der Waals surface area contributed by atoms with Crippen LogP contribution >= 0.6 is 0 Å². The summed E-state index contributed by atoms with van der Waals surface area (Å²) < 4.78 is 0. The van der Waals surface area contributed by atoms with Gasteiger partial charge in [-0.2, -0.15) is 0 Å². The van der Waals surface area contributed by atoms with Crippen LogP contribution in [0.1, 0.15) is 1.43 Å². The Hall–Kier alpha value is 1.62. The fourth-order valence-corrected chi connectivity index (χ4v) is 0. The van der Waals surface area contributed by atoms with Gasteiger partial charge in [0.25, 0.3) is 0 Å². The van der Waals surface area contributed by atoms with Crippen molar-refractivity contribution in [2.24, 2.45) is 0 Å². The van der Waals surface area contributed by atoms with Crippen LogP contribution in [-0.2, 0) is 0 Å². The van der Waals surface area contributed by atoms with Gasteiger partial charge in [-0.1, -0.05) is 0 Å². The normalized spacial score (nSPS) is 3.86. The molecule has 34 valence electrons. The van der Waals surface area contributed by atoms with Crippen LogP contribution in [0.15, 0.2) is 0 Å². The molecule has 0 spiro atoms. The third-order valence-electron chi connectivity index (χ3n) is 0. The second kappa shape index (κ2) is 15.6. The van der Waals surface area contributed by atoms with E-state index in [1.165, 1.54) is 0 Å². The quantitative estimate of drug-likeness (QED) is 0.306. The summed E-state index contributed by atoms with van der Waals surface area (Å²) in [6, 6.07) is 0. The average Bonchev–Trinajstić information content (AvgIpc) is 0.811. The van der Waals surface area contributed by atoms with Gasteiger partial charge in [0, 0.05) is 0 Å². The molecule has 7 heavy (non-hydrogen) atoms. The van der Waals surface area contributed by atoms with E-state index in [4.69, 9.17) is 15.1 Å². The summed E-state index contributed by atoms with van der Waals surface area (Å²) in [4.78, 5) is 0. The van der Waals surface area contributed by atoms with Crippen LogP contribution < -0.4 is 54.7 Å². The molecule has 0 saturated carbocycles.